The second-order valence-electron chi connectivity index (χ2n) is 6.02. The van der Waals surface area contributed by atoms with E-state index in [2.05, 4.69) is 5.32 Å². The first kappa shape index (κ1) is 16.7. The van der Waals surface area contributed by atoms with Crippen LogP contribution in [-0.4, -0.2) is 41.6 Å². The normalized spacial score (nSPS) is 17.0. The average molecular weight is 332 g/mol. The summed E-state index contributed by atoms with van der Waals surface area (Å²) in [4.78, 5) is 14.0. The summed E-state index contributed by atoms with van der Waals surface area (Å²) in [5.41, 5.74) is 0.869. The lowest BCUT2D eigenvalue weighted by Gasteiger charge is -2.32. The van der Waals surface area contributed by atoms with E-state index in [9.17, 15) is 14.3 Å². The van der Waals surface area contributed by atoms with Crippen LogP contribution in [0.25, 0.3) is 0 Å². The van der Waals surface area contributed by atoms with Crippen molar-refractivity contribution in [3.63, 3.8) is 0 Å². The maximum absolute atomic E-state index is 13.6. The molecule has 2 heterocycles. The Kier molecular flexibility index (Phi) is 5.27. The molecule has 5 nitrogen and oxygen atoms in total. The number of furan rings is 1. The quantitative estimate of drug-likeness (QED) is 0.882. The second kappa shape index (κ2) is 7.59. The Bertz CT molecular complexity index is 667. The van der Waals surface area contributed by atoms with Gasteiger partial charge in [0.2, 0.25) is 0 Å². The summed E-state index contributed by atoms with van der Waals surface area (Å²) in [7, 11) is 0. The minimum absolute atomic E-state index is 0.0198. The van der Waals surface area contributed by atoms with E-state index in [1.807, 2.05) is 0 Å². The summed E-state index contributed by atoms with van der Waals surface area (Å²) in [6, 6.07) is 8.12. The van der Waals surface area contributed by atoms with Crippen molar-refractivity contribution in [3.05, 3.63) is 59.8 Å². The number of carbonyl (C=O) groups excluding carboxylic acids is 1. The third-order valence-corrected chi connectivity index (χ3v) is 4.41. The summed E-state index contributed by atoms with van der Waals surface area (Å²) >= 11 is 0. The third-order valence-electron chi connectivity index (χ3n) is 4.41. The molecule has 1 aliphatic rings. The van der Waals surface area contributed by atoms with Gasteiger partial charge in [0.05, 0.1) is 17.9 Å². The van der Waals surface area contributed by atoms with Gasteiger partial charge in [-0.25, -0.2) is 4.39 Å². The fourth-order valence-corrected chi connectivity index (χ4v) is 2.99. The van der Waals surface area contributed by atoms with Crippen LogP contribution in [0.2, 0.25) is 0 Å². The number of amides is 1. The zero-order chi connectivity index (χ0) is 16.9. The minimum atomic E-state index is -0.878. The van der Waals surface area contributed by atoms with E-state index >= 15 is 0 Å². The molecule has 3 rings (SSSR count). The molecular formula is C18H21FN2O3. The molecule has 1 amide bonds. The highest BCUT2D eigenvalue weighted by atomic mass is 19.1. The fourth-order valence-electron chi connectivity index (χ4n) is 2.99. The van der Waals surface area contributed by atoms with E-state index in [0.29, 0.717) is 30.8 Å². The Hall–Kier alpha value is -2.18. The first-order valence-electron chi connectivity index (χ1n) is 8.12. The summed E-state index contributed by atoms with van der Waals surface area (Å²) in [5.74, 6) is -0.416. The number of aliphatic hydroxyl groups is 1. The highest BCUT2D eigenvalue weighted by Gasteiger charge is 2.24. The average Bonchev–Trinajstić information content (AvgIpc) is 3.14. The predicted molar refractivity (Wildman–Crippen MR) is 87.0 cm³/mol. The van der Waals surface area contributed by atoms with E-state index in [-0.39, 0.29) is 11.9 Å². The number of benzene rings is 1. The molecule has 0 radical (unpaired) electrons. The molecule has 24 heavy (non-hydrogen) atoms. The molecule has 0 spiro atoms. The van der Waals surface area contributed by atoms with E-state index in [1.54, 1.807) is 29.2 Å². The molecule has 0 bridgehead atoms. The number of likely N-dealkylation sites (tertiary alicyclic amines) is 1. The van der Waals surface area contributed by atoms with Crippen LogP contribution in [0, 0.1) is 5.82 Å². The molecule has 1 atom stereocenters. The first-order chi connectivity index (χ1) is 11.6. The van der Waals surface area contributed by atoms with Crippen LogP contribution in [0.5, 0.6) is 0 Å². The SMILES string of the molecule is O=C(c1ccoc1)N1CCC(NCC(O)c2ccccc2F)CC1. The van der Waals surface area contributed by atoms with Crippen molar-refractivity contribution in [1.29, 1.82) is 0 Å². The molecule has 0 saturated carbocycles. The Morgan fingerprint density at radius 2 is 2.08 bits per heavy atom. The predicted octanol–water partition coefficient (Wildman–Crippen LogP) is 2.35. The summed E-state index contributed by atoms with van der Waals surface area (Å²) in [6.07, 6.45) is 3.67. The molecule has 1 unspecified atom stereocenters. The van der Waals surface area contributed by atoms with Gasteiger partial charge in [-0.1, -0.05) is 18.2 Å². The number of carbonyl (C=O) groups is 1. The molecule has 2 aromatic rings. The first-order valence-corrected chi connectivity index (χ1v) is 8.12. The lowest BCUT2D eigenvalue weighted by Crippen LogP contribution is -2.45. The molecule has 128 valence electrons. The summed E-state index contributed by atoms with van der Waals surface area (Å²) < 4.78 is 18.6. The Morgan fingerprint density at radius 3 is 2.75 bits per heavy atom. The molecule has 6 heteroatoms. The van der Waals surface area contributed by atoms with Gasteiger partial charge in [-0.15, -0.1) is 0 Å². The molecule has 1 aromatic carbocycles. The Morgan fingerprint density at radius 1 is 1.33 bits per heavy atom. The molecular weight excluding hydrogens is 311 g/mol. The van der Waals surface area contributed by atoms with Crippen LogP contribution in [0.3, 0.4) is 0 Å². The standard InChI is InChI=1S/C18H21FN2O3/c19-16-4-2-1-3-15(16)17(22)11-20-14-5-8-21(9-6-14)18(23)13-7-10-24-12-13/h1-4,7,10,12,14,17,20,22H,5-6,8-9,11H2. The number of nitrogens with zero attached hydrogens (tertiary/aromatic N) is 1. The van der Waals surface area contributed by atoms with Gasteiger partial charge in [0.1, 0.15) is 12.1 Å². The zero-order valence-electron chi connectivity index (χ0n) is 13.3. The largest absolute Gasteiger partial charge is 0.472 e. The highest BCUT2D eigenvalue weighted by molar-refractivity contribution is 5.93. The van der Waals surface area contributed by atoms with Crippen molar-refractivity contribution in [2.24, 2.45) is 0 Å². The Labute approximate surface area is 140 Å². The fraction of sp³-hybridized carbons (Fsp3) is 0.389. The van der Waals surface area contributed by atoms with Crippen molar-refractivity contribution in [1.82, 2.24) is 10.2 Å². The van der Waals surface area contributed by atoms with E-state index in [1.165, 1.54) is 18.6 Å². The van der Waals surface area contributed by atoms with Gasteiger partial charge >= 0.3 is 0 Å². The smallest absolute Gasteiger partial charge is 0.257 e. The van der Waals surface area contributed by atoms with Gasteiger partial charge in [0.15, 0.2) is 0 Å². The lowest BCUT2D eigenvalue weighted by atomic mass is 10.0. The van der Waals surface area contributed by atoms with Gasteiger partial charge in [0, 0.05) is 31.2 Å². The lowest BCUT2D eigenvalue weighted by molar-refractivity contribution is 0.0697. The molecule has 1 fully saturated rings. The number of hydrogen-bond donors (Lipinski definition) is 2. The van der Waals surface area contributed by atoms with Gasteiger partial charge in [-0.05, 0) is 25.0 Å². The molecule has 1 aliphatic heterocycles. The summed E-state index contributed by atoms with van der Waals surface area (Å²) in [6.45, 7) is 1.59. The van der Waals surface area contributed by atoms with Crippen molar-refractivity contribution in [2.75, 3.05) is 19.6 Å². The molecule has 2 N–H and O–H groups in total. The van der Waals surface area contributed by atoms with Crippen molar-refractivity contribution < 1.29 is 18.7 Å². The maximum Gasteiger partial charge on any atom is 0.257 e. The number of aliphatic hydroxyl groups excluding tert-OH is 1. The van der Waals surface area contributed by atoms with Crippen LogP contribution in [0.4, 0.5) is 4.39 Å². The zero-order valence-corrected chi connectivity index (χ0v) is 13.3. The van der Waals surface area contributed by atoms with Crippen LogP contribution in [0.1, 0.15) is 34.9 Å². The van der Waals surface area contributed by atoms with Gasteiger partial charge in [-0.2, -0.15) is 0 Å². The van der Waals surface area contributed by atoms with E-state index in [4.69, 9.17) is 4.42 Å². The van der Waals surface area contributed by atoms with Crippen LogP contribution in [-0.2, 0) is 0 Å². The number of rotatable bonds is 5. The van der Waals surface area contributed by atoms with Crippen molar-refractivity contribution in [3.8, 4) is 0 Å². The van der Waals surface area contributed by atoms with Crippen LogP contribution in [0.15, 0.2) is 47.3 Å². The van der Waals surface area contributed by atoms with Crippen LogP contribution >= 0.6 is 0 Å². The van der Waals surface area contributed by atoms with Crippen molar-refractivity contribution in [2.45, 2.75) is 25.0 Å². The number of hydrogen-bond acceptors (Lipinski definition) is 4. The monoisotopic (exact) mass is 332 g/mol. The van der Waals surface area contributed by atoms with Crippen molar-refractivity contribution >= 4 is 5.91 Å². The highest BCUT2D eigenvalue weighted by Crippen LogP contribution is 2.18. The Balaban J connectivity index is 1.46. The summed E-state index contributed by atoms with van der Waals surface area (Å²) in [5, 5.41) is 13.4. The van der Waals surface area contributed by atoms with Crippen LogP contribution < -0.4 is 5.32 Å². The molecule has 1 aromatic heterocycles. The second-order valence-corrected chi connectivity index (χ2v) is 6.02. The van der Waals surface area contributed by atoms with E-state index < -0.39 is 11.9 Å². The van der Waals surface area contributed by atoms with E-state index in [0.717, 1.165) is 12.8 Å². The minimum Gasteiger partial charge on any atom is -0.472 e. The maximum atomic E-state index is 13.6. The van der Waals surface area contributed by atoms with Gasteiger partial charge < -0.3 is 19.7 Å². The topological polar surface area (TPSA) is 65.7 Å². The molecule has 0 aliphatic carbocycles. The number of nitrogens with one attached hydrogen (secondary N) is 1. The molecule has 1 saturated heterocycles. The number of halogens is 1. The number of piperidine rings is 1. The van der Waals surface area contributed by atoms with Gasteiger partial charge in [0.25, 0.3) is 5.91 Å². The third kappa shape index (κ3) is 3.83. The van der Waals surface area contributed by atoms with Gasteiger partial charge in [-0.3, -0.25) is 4.79 Å².